The maximum atomic E-state index is 6.22. The molecule has 0 radical (unpaired) electrons. The van der Waals surface area contributed by atoms with Crippen LogP contribution in [0.3, 0.4) is 0 Å². The van der Waals surface area contributed by atoms with Gasteiger partial charge in [-0.25, -0.2) is 4.98 Å². The number of halogens is 2. The van der Waals surface area contributed by atoms with Gasteiger partial charge in [-0.3, -0.25) is 0 Å². The highest BCUT2D eigenvalue weighted by Gasteiger charge is 2.14. The van der Waals surface area contributed by atoms with E-state index in [-0.39, 0.29) is 0 Å². The smallest absolute Gasteiger partial charge is 0.227 e. The Morgan fingerprint density at radius 1 is 1.00 bits per heavy atom. The lowest BCUT2D eigenvalue weighted by molar-refractivity contribution is 0.726. The fraction of sp³-hybridized carbons (Fsp3) is 0.412. The highest BCUT2D eigenvalue weighted by Crippen LogP contribution is 2.28. The Hall–Kier alpha value is -1.52. The Kier molecular flexibility index (Phi) is 5.23. The Bertz CT molecular complexity index is 682. The standard InChI is InChI=1S/C17H20Cl2N4/c1-12-10-16(21-15-11-13(18)6-7-14(15)19)22-17(20-12)23-8-4-2-3-5-9-23/h6-7,10-11H,2-5,8-9H2,1H3,(H,20,21,22). The van der Waals surface area contributed by atoms with Crippen LogP contribution in [0.2, 0.25) is 10.0 Å². The molecule has 0 spiro atoms. The molecule has 0 saturated carbocycles. The fourth-order valence-electron chi connectivity index (χ4n) is 2.76. The third kappa shape index (κ3) is 4.27. The molecule has 23 heavy (non-hydrogen) atoms. The lowest BCUT2D eigenvalue weighted by Gasteiger charge is -2.21. The van der Waals surface area contributed by atoms with Crippen LogP contribution in [-0.2, 0) is 0 Å². The van der Waals surface area contributed by atoms with E-state index >= 15 is 0 Å². The molecule has 1 N–H and O–H groups in total. The molecule has 0 unspecified atom stereocenters. The van der Waals surface area contributed by atoms with Crippen LogP contribution in [0.25, 0.3) is 0 Å². The van der Waals surface area contributed by atoms with E-state index in [1.54, 1.807) is 18.2 Å². The lowest BCUT2D eigenvalue weighted by Crippen LogP contribution is -2.26. The van der Waals surface area contributed by atoms with Crippen LogP contribution in [0.4, 0.5) is 17.5 Å². The Morgan fingerprint density at radius 3 is 2.48 bits per heavy atom. The van der Waals surface area contributed by atoms with Crippen LogP contribution >= 0.6 is 23.2 Å². The molecule has 122 valence electrons. The first-order valence-corrected chi connectivity index (χ1v) is 8.70. The van der Waals surface area contributed by atoms with Crippen molar-refractivity contribution >= 4 is 40.7 Å². The molecule has 0 amide bonds. The maximum absolute atomic E-state index is 6.22. The Morgan fingerprint density at radius 2 is 1.74 bits per heavy atom. The van der Waals surface area contributed by atoms with Gasteiger partial charge in [-0.05, 0) is 38.0 Å². The summed E-state index contributed by atoms with van der Waals surface area (Å²) in [5.41, 5.74) is 1.68. The van der Waals surface area contributed by atoms with Gasteiger partial charge in [-0.15, -0.1) is 0 Å². The van der Waals surface area contributed by atoms with E-state index in [4.69, 9.17) is 23.2 Å². The number of benzene rings is 1. The van der Waals surface area contributed by atoms with Crippen molar-refractivity contribution in [2.75, 3.05) is 23.3 Å². The third-order valence-corrected chi connectivity index (χ3v) is 4.49. The third-order valence-electron chi connectivity index (χ3n) is 3.92. The first-order valence-electron chi connectivity index (χ1n) is 7.94. The van der Waals surface area contributed by atoms with Gasteiger partial charge in [0.05, 0.1) is 10.7 Å². The Balaban J connectivity index is 1.86. The SMILES string of the molecule is Cc1cc(Nc2cc(Cl)ccc2Cl)nc(N2CCCCCC2)n1. The molecule has 1 fully saturated rings. The van der Waals surface area contributed by atoms with Crippen molar-refractivity contribution in [1.29, 1.82) is 0 Å². The van der Waals surface area contributed by atoms with Crippen molar-refractivity contribution < 1.29 is 0 Å². The maximum Gasteiger partial charge on any atom is 0.227 e. The van der Waals surface area contributed by atoms with Crippen molar-refractivity contribution in [3.63, 3.8) is 0 Å². The fourth-order valence-corrected chi connectivity index (χ4v) is 3.10. The zero-order chi connectivity index (χ0) is 16.2. The number of nitrogens with one attached hydrogen (secondary N) is 1. The van der Waals surface area contributed by atoms with E-state index in [1.165, 1.54) is 25.7 Å². The number of hydrogen-bond acceptors (Lipinski definition) is 4. The molecular formula is C17H20Cl2N4. The van der Waals surface area contributed by atoms with E-state index in [0.29, 0.717) is 10.0 Å². The molecule has 0 atom stereocenters. The van der Waals surface area contributed by atoms with Crippen LogP contribution < -0.4 is 10.2 Å². The van der Waals surface area contributed by atoms with E-state index in [1.807, 2.05) is 13.0 Å². The molecule has 6 heteroatoms. The van der Waals surface area contributed by atoms with E-state index in [2.05, 4.69) is 20.2 Å². The van der Waals surface area contributed by atoms with Crippen molar-refractivity contribution in [3.8, 4) is 0 Å². The molecule has 1 saturated heterocycles. The second-order valence-corrected chi connectivity index (χ2v) is 6.69. The van der Waals surface area contributed by atoms with Gasteiger partial charge in [-0.2, -0.15) is 4.98 Å². The van der Waals surface area contributed by atoms with Crippen molar-refractivity contribution in [2.45, 2.75) is 32.6 Å². The van der Waals surface area contributed by atoms with Crippen molar-refractivity contribution in [1.82, 2.24) is 9.97 Å². The molecule has 1 aromatic heterocycles. The van der Waals surface area contributed by atoms with Gasteiger partial charge in [0.25, 0.3) is 0 Å². The number of aryl methyl sites for hydroxylation is 1. The van der Waals surface area contributed by atoms with Crippen LogP contribution in [-0.4, -0.2) is 23.1 Å². The zero-order valence-corrected chi connectivity index (χ0v) is 14.7. The van der Waals surface area contributed by atoms with Gasteiger partial charge >= 0.3 is 0 Å². The summed E-state index contributed by atoms with van der Waals surface area (Å²) in [5, 5.41) is 4.50. The van der Waals surface area contributed by atoms with Gasteiger partial charge in [0.2, 0.25) is 5.95 Å². The van der Waals surface area contributed by atoms with Gasteiger partial charge in [0.1, 0.15) is 5.82 Å². The monoisotopic (exact) mass is 350 g/mol. The van der Waals surface area contributed by atoms with Crippen LogP contribution in [0.15, 0.2) is 24.3 Å². The quantitative estimate of drug-likeness (QED) is 0.824. The molecule has 4 nitrogen and oxygen atoms in total. The number of aromatic nitrogens is 2. The second-order valence-electron chi connectivity index (χ2n) is 5.84. The summed E-state index contributed by atoms with van der Waals surface area (Å²) < 4.78 is 0. The second kappa shape index (κ2) is 7.37. The van der Waals surface area contributed by atoms with Crippen LogP contribution in [0.1, 0.15) is 31.4 Å². The molecule has 2 aromatic rings. The molecule has 3 rings (SSSR count). The van der Waals surface area contributed by atoms with E-state index < -0.39 is 0 Å². The highest BCUT2D eigenvalue weighted by molar-refractivity contribution is 6.35. The van der Waals surface area contributed by atoms with Crippen molar-refractivity contribution in [2.24, 2.45) is 0 Å². The summed E-state index contributed by atoms with van der Waals surface area (Å²) in [4.78, 5) is 11.5. The minimum absolute atomic E-state index is 0.613. The normalized spacial score (nSPS) is 15.3. The first kappa shape index (κ1) is 16.3. The number of nitrogens with zero attached hydrogens (tertiary/aromatic N) is 3. The molecule has 0 bridgehead atoms. The molecule has 1 aromatic carbocycles. The van der Waals surface area contributed by atoms with Crippen LogP contribution in [0, 0.1) is 6.92 Å². The minimum atomic E-state index is 0.613. The summed E-state index contributed by atoms with van der Waals surface area (Å²) in [6, 6.07) is 7.25. The van der Waals surface area contributed by atoms with E-state index in [9.17, 15) is 0 Å². The topological polar surface area (TPSA) is 41.1 Å². The molecule has 1 aliphatic rings. The zero-order valence-electron chi connectivity index (χ0n) is 13.1. The summed E-state index contributed by atoms with van der Waals surface area (Å²) in [7, 11) is 0. The van der Waals surface area contributed by atoms with E-state index in [0.717, 1.165) is 36.2 Å². The number of rotatable bonds is 3. The largest absolute Gasteiger partial charge is 0.341 e. The molecule has 0 aliphatic carbocycles. The highest BCUT2D eigenvalue weighted by atomic mass is 35.5. The summed E-state index contributed by atoms with van der Waals surface area (Å²) in [6.45, 7) is 4.01. The predicted octanol–water partition coefficient (Wildman–Crippen LogP) is 5.22. The van der Waals surface area contributed by atoms with Gasteiger partial charge < -0.3 is 10.2 Å². The summed E-state index contributed by atoms with van der Waals surface area (Å²) in [6.07, 6.45) is 4.96. The minimum Gasteiger partial charge on any atom is -0.341 e. The van der Waals surface area contributed by atoms with Crippen molar-refractivity contribution in [3.05, 3.63) is 40.0 Å². The predicted molar refractivity (Wildman–Crippen MR) is 97.2 cm³/mol. The number of anilines is 3. The van der Waals surface area contributed by atoms with Gasteiger partial charge in [-0.1, -0.05) is 36.0 Å². The van der Waals surface area contributed by atoms with Crippen LogP contribution in [0.5, 0.6) is 0 Å². The van der Waals surface area contributed by atoms with Gasteiger partial charge in [0.15, 0.2) is 0 Å². The average molecular weight is 351 g/mol. The average Bonchev–Trinajstić information content (AvgIpc) is 2.79. The molecule has 1 aliphatic heterocycles. The number of hydrogen-bond donors (Lipinski definition) is 1. The van der Waals surface area contributed by atoms with Gasteiger partial charge in [0, 0.05) is 29.9 Å². The summed E-state index contributed by atoms with van der Waals surface area (Å²) >= 11 is 12.3. The first-order chi connectivity index (χ1) is 11.1. The summed E-state index contributed by atoms with van der Waals surface area (Å²) in [5.74, 6) is 1.52. The molecular weight excluding hydrogens is 331 g/mol. The Labute approximate surface area is 146 Å². The lowest BCUT2D eigenvalue weighted by atomic mass is 10.2. The molecule has 2 heterocycles.